The third-order valence-corrected chi connectivity index (χ3v) is 4.35. The number of nitrogens with one attached hydrogen (secondary N) is 1. The average molecular weight is 256 g/mol. The molecular weight excluding hydrogens is 236 g/mol. The van der Waals surface area contributed by atoms with E-state index < -0.39 is 5.97 Å². The molecule has 0 bridgehead atoms. The molecule has 1 aromatic heterocycles. The standard InChI is InChI=1S/C12H20N2O2S/c1-7(2)12(4,5)6-13-11-14-8(3)9(17-11)10(15)16/h7H,6H2,1-5H3,(H,13,14)(H,15,16). The van der Waals surface area contributed by atoms with Gasteiger partial charge in [0.15, 0.2) is 5.13 Å². The number of aryl methyl sites for hydroxylation is 1. The normalized spacial score (nSPS) is 11.9. The molecule has 1 aromatic rings. The van der Waals surface area contributed by atoms with Crippen molar-refractivity contribution in [2.24, 2.45) is 11.3 Å². The van der Waals surface area contributed by atoms with Crippen molar-refractivity contribution in [2.75, 3.05) is 11.9 Å². The van der Waals surface area contributed by atoms with Gasteiger partial charge in [0.05, 0.1) is 5.69 Å². The van der Waals surface area contributed by atoms with E-state index in [4.69, 9.17) is 5.11 Å². The SMILES string of the molecule is Cc1nc(NCC(C)(C)C(C)C)sc1C(=O)O. The van der Waals surface area contributed by atoms with Crippen LogP contribution in [-0.4, -0.2) is 22.6 Å². The molecule has 0 aliphatic heterocycles. The van der Waals surface area contributed by atoms with E-state index in [9.17, 15) is 4.79 Å². The van der Waals surface area contributed by atoms with Gasteiger partial charge in [-0.3, -0.25) is 0 Å². The van der Waals surface area contributed by atoms with E-state index in [2.05, 4.69) is 38.0 Å². The zero-order chi connectivity index (χ0) is 13.2. The summed E-state index contributed by atoms with van der Waals surface area (Å²) in [5.41, 5.74) is 0.732. The van der Waals surface area contributed by atoms with Gasteiger partial charge in [0.25, 0.3) is 0 Å². The molecule has 1 rings (SSSR count). The van der Waals surface area contributed by atoms with Crippen LogP contribution in [0.1, 0.15) is 43.1 Å². The summed E-state index contributed by atoms with van der Waals surface area (Å²) in [6.45, 7) is 11.2. The van der Waals surface area contributed by atoms with Crippen LogP contribution >= 0.6 is 11.3 Å². The second-order valence-electron chi connectivity index (χ2n) is 5.24. The maximum absolute atomic E-state index is 10.9. The van der Waals surface area contributed by atoms with E-state index in [0.29, 0.717) is 21.6 Å². The Kier molecular flexibility index (Phi) is 4.14. The van der Waals surface area contributed by atoms with E-state index in [1.807, 2.05) is 0 Å². The fourth-order valence-corrected chi connectivity index (χ4v) is 1.98. The van der Waals surface area contributed by atoms with Gasteiger partial charge >= 0.3 is 5.97 Å². The maximum Gasteiger partial charge on any atom is 0.347 e. The Morgan fingerprint density at radius 2 is 2.12 bits per heavy atom. The van der Waals surface area contributed by atoms with Crippen LogP contribution < -0.4 is 5.32 Å². The largest absolute Gasteiger partial charge is 0.477 e. The third-order valence-electron chi connectivity index (χ3n) is 3.25. The van der Waals surface area contributed by atoms with Crippen molar-refractivity contribution >= 4 is 22.4 Å². The number of rotatable bonds is 5. The van der Waals surface area contributed by atoms with Gasteiger partial charge in [-0.05, 0) is 18.3 Å². The van der Waals surface area contributed by atoms with Crippen molar-refractivity contribution < 1.29 is 9.90 Å². The minimum Gasteiger partial charge on any atom is -0.477 e. The van der Waals surface area contributed by atoms with Crippen LogP contribution in [0.5, 0.6) is 0 Å². The molecule has 0 atom stereocenters. The number of carboxylic acid groups (broad SMARTS) is 1. The van der Waals surface area contributed by atoms with Gasteiger partial charge in [0, 0.05) is 6.54 Å². The molecule has 4 nitrogen and oxygen atoms in total. The molecule has 0 radical (unpaired) electrons. The molecule has 5 heteroatoms. The number of anilines is 1. The number of thiazole rings is 1. The fourth-order valence-electron chi connectivity index (χ4n) is 1.18. The van der Waals surface area contributed by atoms with Gasteiger partial charge in [0.2, 0.25) is 0 Å². The smallest absolute Gasteiger partial charge is 0.347 e. The molecular formula is C12H20N2O2S. The number of aromatic carboxylic acids is 1. The highest BCUT2D eigenvalue weighted by molar-refractivity contribution is 7.17. The van der Waals surface area contributed by atoms with Gasteiger partial charge in [0.1, 0.15) is 4.88 Å². The Balaban J connectivity index is 2.71. The Bertz CT molecular complexity index is 411. The lowest BCUT2D eigenvalue weighted by Crippen LogP contribution is -2.28. The summed E-state index contributed by atoms with van der Waals surface area (Å²) >= 11 is 1.20. The first-order valence-electron chi connectivity index (χ1n) is 5.68. The summed E-state index contributed by atoms with van der Waals surface area (Å²) in [4.78, 5) is 15.4. The highest BCUT2D eigenvalue weighted by atomic mass is 32.1. The molecule has 0 saturated carbocycles. The Hall–Kier alpha value is -1.10. The minimum atomic E-state index is -0.906. The minimum absolute atomic E-state index is 0.156. The van der Waals surface area contributed by atoms with Crippen LogP contribution in [0.2, 0.25) is 0 Å². The summed E-state index contributed by atoms with van der Waals surface area (Å²) in [6, 6.07) is 0. The van der Waals surface area contributed by atoms with Crippen LogP contribution in [0.25, 0.3) is 0 Å². The first kappa shape index (κ1) is 14.0. The van der Waals surface area contributed by atoms with Crippen LogP contribution in [-0.2, 0) is 0 Å². The van der Waals surface area contributed by atoms with Gasteiger partial charge in [-0.1, -0.05) is 39.0 Å². The van der Waals surface area contributed by atoms with Crippen LogP contribution in [0, 0.1) is 18.3 Å². The van der Waals surface area contributed by atoms with Gasteiger partial charge in [-0.25, -0.2) is 9.78 Å². The van der Waals surface area contributed by atoms with Crippen LogP contribution in [0.4, 0.5) is 5.13 Å². The monoisotopic (exact) mass is 256 g/mol. The summed E-state index contributed by atoms with van der Waals surface area (Å²) in [7, 11) is 0. The number of carbonyl (C=O) groups is 1. The lowest BCUT2D eigenvalue weighted by molar-refractivity contribution is 0.0701. The van der Waals surface area contributed by atoms with Crippen molar-refractivity contribution in [3.05, 3.63) is 10.6 Å². The molecule has 17 heavy (non-hydrogen) atoms. The van der Waals surface area contributed by atoms with Crippen molar-refractivity contribution in [1.29, 1.82) is 0 Å². The molecule has 0 unspecified atom stereocenters. The van der Waals surface area contributed by atoms with E-state index in [-0.39, 0.29) is 5.41 Å². The number of hydrogen-bond acceptors (Lipinski definition) is 4. The lowest BCUT2D eigenvalue weighted by Gasteiger charge is -2.29. The predicted octanol–water partition coefficient (Wildman–Crippen LogP) is 3.24. The van der Waals surface area contributed by atoms with Gasteiger partial charge < -0.3 is 10.4 Å². The summed E-state index contributed by atoms with van der Waals surface area (Å²) < 4.78 is 0. The molecule has 0 fully saturated rings. The van der Waals surface area contributed by atoms with E-state index in [1.54, 1.807) is 6.92 Å². The highest BCUT2D eigenvalue weighted by Gasteiger charge is 2.23. The fraction of sp³-hybridized carbons (Fsp3) is 0.667. The number of nitrogens with zero attached hydrogens (tertiary/aromatic N) is 1. The molecule has 1 heterocycles. The summed E-state index contributed by atoms with van der Waals surface area (Å²) in [6.07, 6.45) is 0. The first-order valence-corrected chi connectivity index (χ1v) is 6.50. The van der Waals surface area contributed by atoms with Crippen molar-refractivity contribution in [2.45, 2.75) is 34.6 Å². The average Bonchev–Trinajstić information content (AvgIpc) is 2.57. The molecule has 2 N–H and O–H groups in total. The van der Waals surface area contributed by atoms with Gasteiger partial charge in [-0.15, -0.1) is 0 Å². The quantitative estimate of drug-likeness (QED) is 0.849. The van der Waals surface area contributed by atoms with E-state index in [0.717, 1.165) is 6.54 Å². The summed E-state index contributed by atoms with van der Waals surface area (Å²) in [5, 5.41) is 12.9. The van der Waals surface area contributed by atoms with Crippen LogP contribution in [0.3, 0.4) is 0 Å². The lowest BCUT2D eigenvalue weighted by atomic mass is 9.81. The Labute approximate surface area is 106 Å². The second kappa shape index (κ2) is 5.04. The topological polar surface area (TPSA) is 62.2 Å². The van der Waals surface area contributed by atoms with E-state index in [1.165, 1.54) is 11.3 Å². The van der Waals surface area contributed by atoms with Crippen molar-refractivity contribution in [3.8, 4) is 0 Å². The second-order valence-corrected chi connectivity index (χ2v) is 6.23. The molecule has 0 aliphatic rings. The van der Waals surface area contributed by atoms with Crippen molar-refractivity contribution in [3.63, 3.8) is 0 Å². The molecule has 0 aromatic carbocycles. The number of hydrogen-bond donors (Lipinski definition) is 2. The highest BCUT2D eigenvalue weighted by Crippen LogP contribution is 2.28. The predicted molar refractivity (Wildman–Crippen MR) is 70.9 cm³/mol. The van der Waals surface area contributed by atoms with Crippen molar-refractivity contribution in [1.82, 2.24) is 4.98 Å². The summed E-state index contributed by atoms with van der Waals surface area (Å²) in [5.74, 6) is -0.355. The zero-order valence-electron chi connectivity index (χ0n) is 11.0. The number of carboxylic acids is 1. The molecule has 0 aliphatic carbocycles. The molecule has 0 spiro atoms. The van der Waals surface area contributed by atoms with Gasteiger partial charge in [-0.2, -0.15) is 0 Å². The third kappa shape index (κ3) is 3.43. The molecule has 0 saturated heterocycles. The zero-order valence-corrected chi connectivity index (χ0v) is 11.8. The van der Waals surface area contributed by atoms with Crippen LogP contribution in [0.15, 0.2) is 0 Å². The Morgan fingerprint density at radius 3 is 2.53 bits per heavy atom. The first-order chi connectivity index (χ1) is 7.74. The Morgan fingerprint density at radius 1 is 1.53 bits per heavy atom. The molecule has 96 valence electrons. The number of aromatic nitrogens is 1. The van der Waals surface area contributed by atoms with E-state index >= 15 is 0 Å². The molecule has 0 amide bonds. The maximum atomic E-state index is 10.9.